The Morgan fingerprint density at radius 2 is 1.08 bits per heavy atom. The van der Waals surface area contributed by atoms with Crippen LogP contribution in [0, 0.1) is 13.8 Å². The predicted molar refractivity (Wildman–Crippen MR) is 58.0 cm³/mol. The third-order valence-electron chi connectivity index (χ3n) is 1.72. The van der Waals surface area contributed by atoms with Crippen molar-refractivity contribution >= 4 is 26.6 Å². The van der Waals surface area contributed by atoms with Crippen LogP contribution in [0.5, 0.6) is 0 Å². The van der Waals surface area contributed by atoms with E-state index in [1.807, 2.05) is 39.8 Å². The lowest BCUT2D eigenvalue weighted by Crippen LogP contribution is -2.30. The Bertz CT molecular complexity index is 227. The van der Waals surface area contributed by atoms with E-state index in [1.54, 1.807) is 0 Å². The molecule has 0 amide bonds. The summed E-state index contributed by atoms with van der Waals surface area (Å²) in [6.45, 7) is 7.90. The Kier molecular flexibility index (Phi) is 4.80. The second-order valence-corrected chi connectivity index (χ2v) is 2.53. The maximum absolute atomic E-state index is 5.66. The lowest BCUT2D eigenvalue weighted by Gasteiger charge is -2.07. The molecule has 1 aromatic carbocycles. The van der Waals surface area contributed by atoms with Gasteiger partial charge >= 0.3 is 0 Å². The van der Waals surface area contributed by atoms with Crippen LogP contribution in [0.3, 0.4) is 0 Å². The molecule has 0 unspecified atom stereocenters. The third-order valence-corrected chi connectivity index (χ3v) is 1.72. The van der Waals surface area contributed by atoms with E-state index in [0.29, 0.717) is 10.9 Å². The molecule has 2 heteroatoms. The van der Waals surface area contributed by atoms with E-state index in [9.17, 15) is 0 Å². The first kappa shape index (κ1) is 11.3. The first-order chi connectivity index (χ1) is 5.63. The number of aryl methyl sites for hydroxylation is 2. The van der Waals surface area contributed by atoms with E-state index >= 15 is 0 Å². The highest BCUT2D eigenvalue weighted by Crippen LogP contribution is 1.93. The van der Waals surface area contributed by atoms with Crippen LogP contribution in [0.2, 0.25) is 0 Å². The fraction of sp³-hybridized carbons (Fsp3) is 0.400. The molecule has 0 N–H and O–H groups in total. The van der Waals surface area contributed by atoms with Gasteiger partial charge in [0.05, 0.1) is 0 Å². The number of hydrogen-bond donors (Lipinski definition) is 0. The van der Waals surface area contributed by atoms with E-state index < -0.39 is 0 Å². The van der Waals surface area contributed by atoms with Crippen molar-refractivity contribution in [3.05, 3.63) is 23.3 Å². The molecule has 0 fully saturated rings. The molecule has 0 bridgehead atoms. The van der Waals surface area contributed by atoms with Gasteiger partial charge in [0.15, 0.2) is 0 Å². The fourth-order valence-corrected chi connectivity index (χ4v) is 0.854. The van der Waals surface area contributed by atoms with Gasteiger partial charge in [0, 0.05) is 0 Å². The van der Waals surface area contributed by atoms with Gasteiger partial charge in [-0.15, -0.1) is 10.9 Å². The van der Waals surface area contributed by atoms with Gasteiger partial charge in [-0.3, -0.25) is 0 Å². The van der Waals surface area contributed by atoms with Gasteiger partial charge < -0.3 is 0 Å². The summed E-state index contributed by atoms with van der Waals surface area (Å²) >= 11 is 0. The van der Waals surface area contributed by atoms with Crippen LogP contribution in [-0.4, -0.2) is 15.7 Å². The van der Waals surface area contributed by atoms with Crippen LogP contribution in [0.4, 0.5) is 0 Å². The minimum atomic E-state index is 0.708. The largest absolute Gasteiger partial charge is 0.113 e. The molecule has 0 atom stereocenters. The minimum absolute atomic E-state index is 0.708. The van der Waals surface area contributed by atoms with Gasteiger partial charge in [-0.05, 0) is 13.8 Å². The average Bonchev–Trinajstić information content (AvgIpc) is 2.12. The number of hydrogen-bond acceptors (Lipinski definition) is 0. The molecule has 0 heterocycles. The van der Waals surface area contributed by atoms with Gasteiger partial charge in [0.2, 0.25) is 0 Å². The zero-order valence-corrected chi connectivity index (χ0v) is 8.31. The summed E-state index contributed by atoms with van der Waals surface area (Å²) in [5.41, 5.74) is 3.51. The Labute approximate surface area is 78.2 Å². The maximum Gasteiger partial charge on any atom is 0.113 e. The number of benzene rings is 1. The quantitative estimate of drug-likeness (QED) is 0.489. The van der Waals surface area contributed by atoms with Crippen LogP contribution in [0.15, 0.2) is 12.1 Å². The highest BCUT2D eigenvalue weighted by atomic mass is 14.0. The molecule has 0 aliphatic carbocycles. The molecular formula is C10H14B2. The first-order valence-corrected chi connectivity index (χ1v) is 4.24. The smallest absolute Gasteiger partial charge is 0.100 e. The van der Waals surface area contributed by atoms with Gasteiger partial charge in [0.25, 0.3) is 0 Å². The Morgan fingerprint density at radius 3 is 1.33 bits per heavy atom. The summed E-state index contributed by atoms with van der Waals surface area (Å²) in [4.78, 5) is 0. The van der Waals surface area contributed by atoms with Gasteiger partial charge in [-0.1, -0.05) is 37.1 Å². The van der Waals surface area contributed by atoms with Crippen LogP contribution in [0.25, 0.3) is 0 Å². The predicted octanol–water partition coefficient (Wildman–Crippen LogP) is 0.917. The summed E-state index contributed by atoms with van der Waals surface area (Å²) in [5, 5.41) is 0. The molecule has 4 radical (unpaired) electrons. The van der Waals surface area contributed by atoms with Crippen molar-refractivity contribution in [2.45, 2.75) is 27.7 Å². The van der Waals surface area contributed by atoms with Crippen LogP contribution in [0.1, 0.15) is 25.0 Å². The summed E-state index contributed by atoms with van der Waals surface area (Å²) < 4.78 is 0. The van der Waals surface area contributed by atoms with Crippen molar-refractivity contribution in [2.75, 3.05) is 0 Å². The second kappa shape index (κ2) is 5.08. The SMILES string of the molecule is CC.[B]c1c(C)ccc(C)c1[B]. The van der Waals surface area contributed by atoms with E-state index in [-0.39, 0.29) is 0 Å². The van der Waals surface area contributed by atoms with Crippen LogP contribution >= 0.6 is 0 Å². The van der Waals surface area contributed by atoms with Gasteiger partial charge in [-0.25, -0.2) is 0 Å². The summed E-state index contributed by atoms with van der Waals surface area (Å²) in [6, 6.07) is 3.95. The van der Waals surface area contributed by atoms with Crippen LogP contribution in [-0.2, 0) is 0 Å². The summed E-state index contributed by atoms with van der Waals surface area (Å²) in [5.74, 6) is 0. The van der Waals surface area contributed by atoms with Crippen molar-refractivity contribution in [2.24, 2.45) is 0 Å². The second-order valence-electron chi connectivity index (χ2n) is 2.53. The Morgan fingerprint density at radius 1 is 0.833 bits per heavy atom. The normalized spacial score (nSPS) is 8.67. The standard InChI is InChI=1S/C8H8B2.C2H6/c1-5-3-4-6(2)8(10)7(5)9;1-2/h3-4H,1-2H3;1-2H3. The highest BCUT2D eigenvalue weighted by Gasteiger charge is 1.96. The molecule has 0 aliphatic heterocycles. The highest BCUT2D eigenvalue weighted by molar-refractivity contribution is 6.49. The summed E-state index contributed by atoms with van der Waals surface area (Å²) in [6.07, 6.45) is 0. The van der Waals surface area contributed by atoms with Gasteiger partial charge in [-0.2, -0.15) is 0 Å². The molecule has 1 rings (SSSR count). The third kappa shape index (κ3) is 2.44. The molecule has 1 aromatic rings. The zero-order valence-electron chi connectivity index (χ0n) is 8.31. The molecule has 0 nitrogen and oxygen atoms in total. The number of rotatable bonds is 0. The maximum atomic E-state index is 5.66. The van der Waals surface area contributed by atoms with Crippen LogP contribution < -0.4 is 10.9 Å². The average molecular weight is 156 g/mol. The molecule has 0 saturated heterocycles. The van der Waals surface area contributed by atoms with Crippen molar-refractivity contribution < 1.29 is 0 Å². The lowest BCUT2D eigenvalue weighted by atomic mass is 9.76. The van der Waals surface area contributed by atoms with Crippen molar-refractivity contribution in [1.29, 1.82) is 0 Å². The fourth-order valence-electron chi connectivity index (χ4n) is 0.854. The zero-order chi connectivity index (χ0) is 9.72. The monoisotopic (exact) mass is 156 g/mol. The summed E-state index contributed by atoms with van der Waals surface area (Å²) in [7, 11) is 11.3. The molecule has 0 aromatic heterocycles. The van der Waals surface area contributed by atoms with Gasteiger partial charge in [0.1, 0.15) is 15.7 Å². The van der Waals surface area contributed by atoms with E-state index in [1.165, 1.54) is 0 Å². The van der Waals surface area contributed by atoms with E-state index in [2.05, 4.69) is 0 Å². The lowest BCUT2D eigenvalue weighted by molar-refractivity contribution is 1.46. The van der Waals surface area contributed by atoms with E-state index in [0.717, 1.165) is 11.1 Å². The molecule has 60 valence electrons. The topological polar surface area (TPSA) is 0 Å². The first-order valence-electron chi connectivity index (χ1n) is 4.24. The van der Waals surface area contributed by atoms with Crippen molar-refractivity contribution in [1.82, 2.24) is 0 Å². The minimum Gasteiger partial charge on any atom is -0.100 e. The van der Waals surface area contributed by atoms with E-state index in [4.69, 9.17) is 15.7 Å². The Balaban J connectivity index is 0.000000561. The molecule has 0 spiro atoms. The molecule has 0 saturated carbocycles. The Hall–Kier alpha value is -0.650. The molecule has 0 aliphatic rings. The molecular weight excluding hydrogens is 142 g/mol. The molecule has 12 heavy (non-hydrogen) atoms. The van der Waals surface area contributed by atoms with Crippen molar-refractivity contribution in [3.63, 3.8) is 0 Å². The van der Waals surface area contributed by atoms with Crippen molar-refractivity contribution in [3.8, 4) is 0 Å².